The Kier molecular flexibility index (Phi) is 4.53. The lowest BCUT2D eigenvalue weighted by Crippen LogP contribution is -2.30. The van der Waals surface area contributed by atoms with Gasteiger partial charge in [-0.3, -0.25) is 10.5 Å². The largest absolute Gasteiger partial charge is 0.289 e. The third-order valence-corrected chi connectivity index (χ3v) is 3.23. The van der Waals surface area contributed by atoms with E-state index in [-0.39, 0.29) is 5.78 Å². The van der Waals surface area contributed by atoms with E-state index in [4.69, 9.17) is 17.3 Å². The number of aryl methyl sites for hydroxylation is 1. The van der Waals surface area contributed by atoms with Crippen LogP contribution in [0.3, 0.4) is 0 Å². The number of aromatic nitrogens is 1. The van der Waals surface area contributed by atoms with Gasteiger partial charge in [-0.2, -0.15) is 0 Å². The Hall–Kier alpha value is -2.13. The van der Waals surface area contributed by atoms with Crippen LogP contribution < -0.4 is 10.3 Å². The minimum absolute atomic E-state index is 0.0699. The van der Waals surface area contributed by atoms with Gasteiger partial charge in [-0.25, -0.2) is 4.57 Å². The highest BCUT2D eigenvalue weighted by atomic mass is 35.5. The fourth-order valence-corrected chi connectivity index (χ4v) is 1.95. The molecule has 2 rings (SSSR count). The third kappa shape index (κ3) is 3.45. The number of carbonyl (C=O) groups is 1. The van der Waals surface area contributed by atoms with Gasteiger partial charge < -0.3 is 0 Å². The Labute approximate surface area is 123 Å². The van der Waals surface area contributed by atoms with Gasteiger partial charge in [0.2, 0.25) is 0 Å². The van der Waals surface area contributed by atoms with Crippen molar-refractivity contribution in [2.45, 2.75) is 13.3 Å². The molecule has 0 fully saturated rings. The van der Waals surface area contributed by atoms with Gasteiger partial charge in [0.1, 0.15) is 6.20 Å². The Morgan fingerprint density at radius 3 is 2.60 bits per heavy atom. The number of anilines is 1. The maximum atomic E-state index is 12.0. The molecule has 0 spiro atoms. The highest BCUT2D eigenvalue weighted by Crippen LogP contribution is 2.08. The van der Waals surface area contributed by atoms with Crippen LogP contribution in [0.4, 0.5) is 5.82 Å². The van der Waals surface area contributed by atoms with Crippen molar-refractivity contribution in [2.24, 2.45) is 0 Å². The number of hydrogen-bond donors (Lipinski definition) is 1. The summed E-state index contributed by atoms with van der Waals surface area (Å²) in [4.78, 5) is 12.0. The zero-order valence-corrected chi connectivity index (χ0v) is 12.0. The average molecular weight is 288 g/mol. The molecule has 0 saturated carbocycles. The Bertz CT molecular complexity index is 648. The number of ketones is 1. The first-order valence-corrected chi connectivity index (χ1v) is 6.75. The maximum Gasteiger partial charge on any atom is 0.277 e. The molecule has 0 amide bonds. The zero-order valence-electron chi connectivity index (χ0n) is 11.2. The SMILES string of the molecule is CCc1ccc(C(=O)/C=C/[n+]2cc(Cl)ccc2N)cc1. The molecule has 4 heteroatoms. The summed E-state index contributed by atoms with van der Waals surface area (Å²) >= 11 is 5.89. The molecule has 0 aliphatic heterocycles. The summed E-state index contributed by atoms with van der Waals surface area (Å²) in [5, 5.41) is 0.559. The van der Waals surface area contributed by atoms with Crippen molar-refractivity contribution in [2.75, 3.05) is 5.73 Å². The van der Waals surface area contributed by atoms with Crippen LogP contribution >= 0.6 is 11.6 Å². The first kappa shape index (κ1) is 14.3. The summed E-state index contributed by atoms with van der Waals surface area (Å²) in [7, 11) is 0. The Morgan fingerprint density at radius 2 is 1.95 bits per heavy atom. The van der Waals surface area contributed by atoms with Gasteiger partial charge in [-0.15, -0.1) is 0 Å². The highest BCUT2D eigenvalue weighted by molar-refractivity contribution is 6.30. The second-order valence-corrected chi connectivity index (χ2v) is 4.85. The molecule has 1 aromatic heterocycles. The fraction of sp³-hybridized carbons (Fsp3) is 0.125. The normalized spacial score (nSPS) is 10.9. The van der Waals surface area contributed by atoms with Crippen LogP contribution in [0.2, 0.25) is 5.02 Å². The second kappa shape index (κ2) is 6.35. The van der Waals surface area contributed by atoms with E-state index in [0.717, 1.165) is 6.42 Å². The van der Waals surface area contributed by atoms with E-state index in [1.54, 1.807) is 29.1 Å². The molecule has 0 aliphatic rings. The summed E-state index contributed by atoms with van der Waals surface area (Å²) in [5.74, 6) is 0.444. The molecule has 2 N–H and O–H groups in total. The van der Waals surface area contributed by atoms with E-state index in [0.29, 0.717) is 16.4 Å². The van der Waals surface area contributed by atoms with Gasteiger partial charge in [0.05, 0.1) is 11.2 Å². The lowest BCUT2D eigenvalue weighted by Gasteiger charge is -1.99. The van der Waals surface area contributed by atoms with Crippen LogP contribution in [0.15, 0.2) is 48.7 Å². The molecule has 1 aromatic carbocycles. The molecule has 20 heavy (non-hydrogen) atoms. The van der Waals surface area contributed by atoms with Crippen molar-refractivity contribution in [3.05, 3.63) is 64.8 Å². The van der Waals surface area contributed by atoms with Crippen molar-refractivity contribution in [1.29, 1.82) is 0 Å². The van der Waals surface area contributed by atoms with Crippen LogP contribution in [-0.4, -0.2) is 5.78 Å². The molecule has 0 bridgehead atoms. The molecule has 2 aromatic rings. The van der Waals surface area contributed by atoms with Crippen LogP contribution in [0.1, 0.15) is 22.8 Å². The Morgan fingerprint density at radius 1 is 1.25 bits per heavy atom. The van der Waals surface area contributed by atoms with Crippen molar-refractivity contribution in [3.63, 3.8) is 0 Å². The quantitative estimate of drug-likeness (QED) is 0.533. The predicted octanol–water partition coefficient (Wildman–Crippen LogP) is 3.13. The van der Waals surface area contributed by atoms with Crippen molar-refractivity contribution >= 4 is 29.4 Å². The molecular weight excluding hydrogens is 272 g/mol. The smallest absolute Gasteiger partial charge is 0.277 e. The lowest BCUT2D eigenvalue weighted by atomic mass is 10.1. The topological polar surface area (TPSA) is 47.0 Å². The first-order valence-electron chi connectivity index (χ1n) is 6.38. The zero-order chi connectivity index (χ0) is 14.5. The number of halogens is 1. The van der Waals surface area contributed by atoms with Crippen LogP contribution in [-0.2, 0) is 6.42 Å². The summed E-state index contributed by atoms with van der Waals surface area (Å²) in [6.07, 6.45) is 5.70. The minimum Gasteiger partial charge on any atom is -0.289 e. The van der Waals surface area contributed by atoms with Gasteiger partial charge in [0.15, 0.2) is 5.78 Å². The lowest BCUT2D eigenvalue weighted by molar-refractivity contribution is -0.552. The molecule has 0 aliphatic carbocycles. The summed E-state index contributed by atoms with van der Waals surface area (Å²) in [6, 6.07) is 11.0. The van der Waals surface area contributed by atoms with E-state index in [1.807, 2.05) is 24.3 Å². The highest BCUT2D eigenvalue weighted by Gasteiger charge is 2.05. The van der Waals surface area contributed by atoms with Gasteiger partial charge in [-0.1, -0.05) is 42.8 Å². The monoisotopic (exact) mass is 287 g/mol. The van der Waals surface area contributed by atoms with Crippen molar-refractivity contribution < 1.29 is 9.36 Å². The average Bonchev–Trinajstić information content (AvgIpc) is 2.48. The number of nitrogens with zero attached hydrogens (tertiary/aromatic N) is 1. The molecule has 102 valence electrons. The molecule has 0 atom stereocenters. The van der Waals surface area contributed by atoms with Gasteiger partial charge in [-0.05, 0) is 18.1 Å². The standard InChI is InChI=1S/C16H15ClN2O/c1-2-12-3-5-13(6-4-12)15(20)9-10-19-11-14(17)7-8-16(19)18/h3-11,18H,2H2,1H3/p+1/b10-9+. The minimum atomic E-state index is -0.0699. The van der Waals surface area contributed by atoms with Crippen molar-refractivity contribution in [1.82, 2.24) is 0 Å². The number of hydrogen-bond acceptors (Lipinski definition) is 2. The van der Waals surface area contributed by atoms with E-state index in [9.17, 15) is 4.79 Å². The molecule has 3 nitrogen and oxygen atoms in total. The van der Waals surface area contributed by atoms with Crippen LogP contribution in [0.25, 0.3) is 6.20 Å². The molecule has 0 saturated heterocycles. The van der Waals surface area contributed by atoms with Gasteiger partial charge >= 0.3 is 0 Å². The molecule has 0 unspecified atom stereocenters. The van der Waals surface area contributed by atoms with E-state index < -0.39 is 0 Å². The van der Waals surface area contributed by atoms with Crippen LogP contribution in [0, 0.1) is 0 Å². The second-order valence-electron chi connectivity index (χ2n) is 4.41. The number of nitrogen functional groups attached to an aromatic ring is 1. The van der Waals surface area contributed by atoms with E-state index in [1.165, 1.54) is 11.6 Å². The predicted molar refractivity (Wildman–Crippen MR) is 81.5 cm³/mol. The molecule has 0 radical (unpaired) electrons. The third-order valence-electron chi connectivity index (χ3n) is 3.01. The Balaban J connectivity index is 2.17. The summed E-state index contributed by atoms with van der Waals surface area (Å²) in [5.41, 5.74) is 7.65. The van der Waals surface area contributed by atoms with E-state index in [2.05, 4.69) is 6.92 Å². The number of nitrogens with two attached hydrogens (primary N) is 1. The first-order chi connectivity index (χ1) is 9.60. The van der Waals surface area contributed by atoms with Crippen molar-refractivity contribution in [3.8, 4) is 0 Å². The number of allylic oxidation sites excluding steroid dienone is 1. The van der Waals surface area contributed by atoms with Gasteiger partial charge in [0.25, 0.3) is 5.82 Å². The summed E-state index contributed by atoms with van der Waals surface area (Å²) < 4.78 is 1.61. The number of carbonyl (C=O) groups excluding carboxylic acids is 1. The van der Waals surface area contributed by atoms with E-state index >= 15 is 0 Å². The fourth-order valence-electron chi connectivity index (χ4n) is 1.78. The number of benzene rings is 1. The molecule has 1 heterocycles. The van der Waals surface area contributed by atoms with Gasteiger partial charge in [0, 0.05) is 17.7 Å². The maximum absolute atomic E-state index is 12.0. The molecular formula is C16H16ClN2O+. The van der Waals surface area contributed by atoms with Crippen LogP contribution in [0.5, 0.6) is 0 Å². The number of pyridine rings is 1. The number of rotatable bonds is 4. The summed E-state index contributed by atoms with van der Waals surface area (Å²) in [6.45, 7) is 2.08.